The van der Waals surface area contributed by atoms with Crippen molar-refractivity contribution in [2.24, 2.45) is 0 Å². The van der Waals surface area contributed by atoms with E-state index in [2.05, 4.69) is 39.8 Å². The molecule has 0 saturated heterocycles. The summed E-state index contributed by atoms with van der Waals surface area (Å²) in [5.41, 5.74) is 2.42. The summed E-state index contributed by atoms with van der Waals surface area (Å²) in [6.45, 7) is 8.50. The van der Waals surface area contributed by atoms with Gasteiger partial charge in [0.15, 0.2) is 5.82 Å². The number of hydrogen-bond acceptors (Lipinski definition) is 5. The van der Waals surface area contributed by atoms with Crippen molar-refractivity contribution < 1.29 is 4.39 Å². The van der Waals surface area contributed by atoms with Crippen LogP contribution in [0.2, 0.25) is 0 Å². The molecule has 7 nitrogen and oxygen atoms in total. The average Bonchev–Trinajstić information content (AvgIpc) is 3.23. The van der Waals surface area contributed by atoms with Gasteiger partial charge in [0.2, 0.25) is 0 Å². The fourth-order valence-corrected chi connectivity index (χ4v) is 2.60. The number of benzene rings is 1. The number of nitrogens with one attached hydrogen (secondary N) is 1. The Bertz CT molecular complexity index is 854. The smallest absolute Gasteiger partial charge is 0.170 e. The average molecular weight is 343 g/mol. The molecule has 3 rings (SSSR count). The van der Waals surface area contributed by atoms with Gasteiger partial charge in [0.05, 0.1) is 18.8 Å². The molecule has 0 aliphatic rings. The summed E-state index contributed by atoms with van der Waals surface area (Å²) in [5.74, 6) is 0.202. The van der Waals surface area contributed by atoms with Crippen LogP contribution in [0.5, 0.6) is 0 Å². The van der Waals surface area contributed by atoms with Gasteiger partial charge in [0.25, 0.3) is 0 Å². The van der Waals surface area contributed by atoms with Crippen molar-refractivity contribution in [3.05, 3.63) is 53.4 Å². The fraction of sp³-hybridized carbons (Fsp3) is 0.412. The van der Waals surface area contributed by atoms with Crippen molar-refractivity contribution in [1.29, 1.82) is 0 Å². The number of hydrogen-bond donors (Lipinski definition) is 1. The topological polar surface area (TPSA) is 73.5 Å². The lowest BCUT2D eigenvalue weighted by atomic mass is 10.1. The molecule has 0 unspecified atom stereocenters. The number of tetrazole rings is 1. The van der Waals surface area contributed by atoms with Crippen LogP contribution in [0, 0.1) is 19.7 Å². The first kappa shape index (κ1) is 17.2. The first-order chi connectivity index (χ1) is 12.0. The van der Waals surface area contributed by atoms with E-state index in [0.29, 0.717) is 18.1 Å². The van der Waals surface area contributed by atoms with Crippen molar-refractivity contribution in [2.45, 2.75) is 46.3 Å². The molecule has 0 saturated carbocycles. The van der Waals surface area contributed by atoms with E-state index in [9.17, 15) is 4.39 Å². The van der Waals surface area contributed by atoms with E-state index in [1.807, 2.05) is 30.9 Å². The van der Waals surface area contributed by atoms with Gasteiger partial charge in [-0.3, -0.25) is 4.68 Å². The molecule has 3 aromatic rings. The van der Waals surface area contributed by atoms with E-state index in [0.717, 1.165) is 11.1 Å². The van der Waals surface area contributed by atoms with E-state index in [4.69, 9.17) is 0 Å². The third-order valence-corrected chi connectivity index (χ3v) is 4.32. The van der Waals surface area contributed by atoms with Gasteiger partial charge in [-0.15, -0.1) is 5.10 Å². The Hall–Kier alpha value is -2.61. The minimum Gasteiger partial charge on any atom is -0.305 e. The van der Waals surface area contributed by atoms with Gasteiger partial charge in [0, 0.05) is 12.2 Å². The maximum absolute atomic E-state index is 14.1. The van der Waals surface area contributed by atoms with Crippen LogP contribution in [0.4, 0.5) is 4.39 Å². The van der Waals surface area contributed by atoms with E-state index >= 15 is 0 Å². The summed E-state index contributed by atoms with van der Waals surface area (Å²) in [6, 6.07) is 5.17. The van der Waals surface area contributed by atoms with Crippen LogP contribution in [-0.2, 0) is 6.54 Å². The molecule has 0 bridgehead atoms. The summed E-state index contributed by atoms with van der Waals surface area (Å²) in [6.07, 6.45) is 3.85. The fourth-order valence-electron chi connectivity index (χ4n) is 2.60. The van der Waals surface area contributed by atoms with Gasteiger partial charge in [-0.2, -0.15) is 9.78 Å². The van der Waals surface area contributed by atoms with Gasteiger partial charge in [-0.25, -0.2) is 4.39 Å². The maximum Gasteiger partial charge on any atom is 0.170 e. The highest BCUT2D eigenvalue weighted by molar-refractivity contribution is 5.36. The first-order valence-corrected chi connectivity index (χ1v) is 8.23. The van der Waals surface area contributed by atoms with E-state index in [1.165, 1.54) is 10.7 Å². The molecule has 1 N–H and O–H groups in total. The molecule has 2 atom stereocenters. The van der Waals surface area contributed by atoms with Crippen LogP contribution >= 0.6 is 0 Å². The van der Waals surface area contributed by atoms with Gasteiger partial charge < -0.3 is 5.32 Å². The van der Waals surface area contributed by atoms with Crippen molar-refractivity contribution >= 4 is 0 Å². The van der Waals surface area contributed by atoms with Crippen LogP contribution in [0.3, 0.4) is 0 Å². The Labute approximate surface area is 145 Å². The van der Waals surface area contributed by atoms with Crippen LogP contribution in [0.15, 0.2) is 30.6 Å². The number of aromatic nitrogens is 6. The second-order valence-corrected chi connectivity index (χ2v) is 6.37. The molecule has 2 aromatic heterocycles. The summed E-state index contributed by atoms with van der Waals surface area (Å²) in [4.78, 5) is 0. The zero-order valence-corrected chi connectivity index (χ0v) is 14.8. The molecule has 2 heterocycles. The van der Waals surface area contributed by atoms with Crippen molar-refractivity contribution in [3.63, 3.8) is 0 Å². The molecule has 1 aromatic carbocycles. The van der Waals surface area contributed by atoms with Crippen LogP contribution in [0.25, 0.3) is 5.69 Å². The van der Waals surface area contributed by atoms with Gasteiger partial charge >= 0.3 is 0 Å². The molecular formula is C17H22FN7. The highest BCUT2D eigenvalue weighted by Crippen LogP contribution is 2.16. The monoisotopic (exact) mass is 343 g/mol. The minimum atomic E-state index is -0.354. The highest BCUT2D eigenvalue weighted by atomic mass is 19.1. The number of aryl methyl sites for hydroxylation is 2. The summed E-state index contributed by atoms with van der Waals surface area (Å²) in [7, 11) is 0. The van der Waals surface area contributed by atoms with Gasteiger partial charge in [-0.1, -0.05) is 6.07 Å². The lowest BCUT2D eigenvalue weighted by molar-refractivity contribution is 0.361. The minimum absolute atomic E-state index is 0.131. The lowest BCUT2D eigenvalue weighted by Crippen LogP contribution is -2.34. The molecule has 0 radical (unpaired) electrons. The molecule has 0 aliphatic heterocycles. The Balaban J connectivity index is 1.72. The van der Waals surface area contributed by atoms with Crippen LogP contribution < -0.4 is 5.32 Å². The highest BCUT2D eigenvalue weighted by Gasteiger charge is 2.17. The van der Waals surface area contributed by atoms with E-state index in [-0.39, 0.29) is 17.9 Å². The number of rotatable bonds is 6. The largest absolute Gasteiger partial charge is 0.305 e. The molecule has 132 valence electrons. The second-order valence-electron chi connectivity index (χ2n) is 6.37. The quantitative estimate of drug-likeness (QED) is 0.744. The summed E-state index contributed by atoms with van der Waals surface area (Å²) >= 11 is 0. The molecule has 8 heteroatoms. The van der Waals surface area contributed by atoms with Crippen molar-refractivity contribution in [1.82, 2.24) is 35.3 Å². The molecule has 0 amide bonds. The molecule has 25 heavy (non-hydrogen) atoms. The van der Waals surface area contributed by atoms with E-state index < -0.39 is 0 Å². The van der Waals surface area contributed by atoms with Gasteiger partial charge in [0.1, 0.15) is 11.5 Å². The molecule has 0 aliphatic carbocycles. The third-order valence-electron chi connectivity index (χ3n) is 4.32. The third kappa shape index (κ3) is 3.74. The lowest BCUT2D eigenvalue weighted by Gasteiger charge is -2.21. The molecular weight excluding hydrogens is 321 g/mol. The Kier molecular flexibility index (Phi) is 4.89. The molecule has 0 spiro atoms. The zero-order chi connectivity index (χ0) is 18.0. The summed E-state index contributed by atoms with van der Waals surface area (Å²) in [5, 5.41) is 19.4. The van der Waals surface area contributed by atoms with Crippen LogP contribution in [-0.4, -0.2) is 36.0 Å². The SMILES string of the molecule is Cc1ccc(F)c(-n2nnnc2CN[C@@H](C)[C@@H](C)n2cc(C)cn2)c1. The maximum atomic E-state index is 14.1. The summed E-state index contributed by atoms with van der Waals surface area (Å²) < 4.78 is 17.5. The standard InChI is InChI=1S/C17H22FN7/c1-11-5-6-15(18)16(7-11)25-17(21-22-23-25)9-19-13(3)14(4)24-10-12(2)8-20-24/h5-8,10,13-14,19H,9H2,1-4H3/t13-,14+/m0/s1. The zero-order valence-electron chi connectivity index (χ0n) is 14.8. The predicted octanol–water partition coefficient (Wildman–Crippen LogP) is 2.35. The first-order valence-electron chi connectivity index (χ1n) is 8.23. The normalized spacial score (nSPS) is 13.8. The number of nitrogens with zero attached hydrogens (tertiary/aromatic N) is 6. The Morgan fingerprint density at radius 3 is 2.72 bits per heavy atom. The Morgan fingerprint density at radius 1 is 1.20 bits per heavy atom. The predicted molar refractivity (Wildman–Crippen MR) is 91.8 cm³/mol. The van der Waals surface area contributed by atoms with Gasteiger partial charge in [-0.05, 0) is 61.4 Å². The number of halogens is 1. The van der Waals surface area contributed by atoms with E-state index in [1.54, 1.807) is 12.1 Å². The molecule has 0 fully saturated rings. The van der Waals surface area contributed by atoms with Crippen molar-refractivity contribution in [2.75, 3.05) is 0 Å². The second kappa shape index (κ2) is 7.10. The van der Waals surface area contributed by atoms with Crippen LogP contribution in [0.1, 0.15) is 36.8 Å². The Morgan fingerprint density at radius 2 is 2.00 bits per heavy atom. The van der Waals surface area contributed by atoms with Crippen molar-refractivity contribution in [3.8, 4) is 5.69 Å².